The van der Waals surface area contributed by atoms with Crippen molar-refractivity contribution in [3.8, 4) is 16.9 Å². The van der Waals surface area contributed by atoms with Gasteiger partial charge in [-0.15, -0.1) is 0 Å². The maximum Gasteiger partial charge on any atom is 0.277 e. The van der Waals surface area contributed by atoms with Gasteiger partial charge in [-0.1, -0.05) is 54.4 Å². The molecule has 5 nitrogen and oxygen atoms in total. The van der Waals surface area contributed by atoms with E-state index in [0.29, 0.717) is 5.56 Å². The maximum atomic E-state index is 13.2. The molecule has 0 amide bonds. The van der Waals surface area contributed by atoms with E-state index in [1.54, 1.807) is 13.2 Å². The summed E-state index contributed by atoms with van der Waals surface area (Å²) in [4.78, 5) is 2.71. The SMILES string of the molecule is COc1ccc(-c2cc(C)ccc2S(=O)(=O)NN=C2CCCCC2)c2ccccc12. The first-order chi connectivity index (χ1) is 14.5. The second-order valence-electron chi connectivity index (χ2n) is 7.69. The molecule has 156 valence electrons. The Balaban J connectivity index is 1.83. The third-order valence-electron chi connectivity index (χ3n) is 5.57. The number of ether oxygens (including phenoxy) is 1. The van der Waals surface area contributed by atoms with E-state index >= 15 is 0 Å². The smallest absolute Gasteiger partial charge is 0.277 e. The van der Waals surface area contributed by atoms with Crippen LogP contribution >= 0.6 is 0 Å². The number of sulfonamides is 1. The predicted octanol–water partition coefficient (Wildman–Crippen LogP) is 5.42. The number of benzene rings is 3. The standard InChI is InChI=1S/C24H26N2O3S/c1-17-12-15-24(30(27,28)26-25-18-8-4-3-5-9-18)22(16-17)20-13-14-23(29-2)21-11-7-6-10-19(20)21/h6-7,10-16,26H,3-5,8-9H2,1-2H3. The fourth-order valence-electron chi connectivity index (χ4n) is 4.02. The van der Waals surface area contributed by atoms with Gasteiger partial charge in [0, 0.05) is 16.7 Å². The highest BCUT2D eigenvalue weighted by molar-refractivity contribution is 7.89. The molecule has 0 saturated heterocycles. The van der Waals surface area contributed by atoms with Crippen LogP contribution in [0.15, 0.2) is 64.6 Å². The summed E-state index contributed by atoms with van der Waals surface area (Å²) in [6.07, 6.45) is 5.01. The second kappa shape index (κ2) is 8.48. The van der Waals surface area contributed by atoms with Crippen LogP contribution in [0, 0.1) is 6.92 Å². The van der Waals surface area contributed by atoms with Crippen LogP contribution in [0.1, 0.15) is 37.7 Å². The summed E-state index contributed by atoms with van der Waals surface area (Å²) in [6, 6.07) is 17.1. The summed E-state index contributed by atoms with van der Waals surface area (Å²) >= 11 is 0. The van der Waals surface area contributed by atoms with Gasteiger partial charge in [-0.25, -0.2) is 4.83 Å². The van der Waals surface area contributed by atoms with Crippen molar-refractivity contribution in [3.63, 3.8) is 0 Å². The van der Waals surface area contributed by atoms with Gasteiger partial charge in [-0.2, -0.15) is 13.5 Å². The number of nitrogens with one attached hydrogen (secondary N) is 1. The van der Waals surface area contributed by atoms with Crippen LogP contribution in [-0.4, -0.2) is 21.2 Å². The Hall–Kier alpha value is -2.86. The molecule has 6 heteroatoms. The third-order valence-corrected chi connectivity index (χ3v) is 6.84. The summed E-state index contributed by atoms with van der Waals surface area (Å²) < 4.78 is 31.9. The highest BCUT2D eigenvalue weighted by atomic mass is 32.2. The zero-order valence-corrected chi connectivity index (χ0v) is 18.1. The number of rotatable bonds is 5. The Morgan fingerprint density at radius 2 is 1.63 bits per heavy atom. The van der Waals surface area contributed by atoms with Gasteiger partial charge in [0.1, 0.15) is 5.75 Å². The van der Waals surface area contributed by atoms with Gasteiger partial charge < -0.3 is 4.74 Å². The molecule has 0 unspecified atom stereocenters. The maximum absolute atomic E-state index is 13.2. The number of methoxy groups -OCH3 is 1. The van der Waals surface area contributed by atoms with E-state index in [9.17, 15) is 8.42 Å². The van der Waals surface area contributed by atoms with E-state index in [0.717, 1.165) is 59.0 Å². The van der Waals surface area contributed by atoms with E-state index in [-0.39, 0.29) is 4.90 Å². The van der Waals surface area contributed by atoms with Gasteiger partial charge in [0.15, 0.2) is 0 Å². The zero-order valence-electron chi connectivity index (χ0n) is 17.3. The first kappa shape index (κ1) is 20.4. The van der Waals surface area contributed by atoms with Crippen molar-refractivity contribution in [1.82, 2.24) is 4.83 Å². The lowest BCUT2D eigenvalue weighted by Crippen LogP contribution is -2.22. The minimum Gasteiger partial charge on any atom is -0.496 e. The minimum atomic E-state index is -3.81. The molecule has 1 aliphatic carbocycles. The van der Waals surface area contributed by atoms with Crippen molar-refractivity contribution in [2.75, 3.05) is 7.11 Å². The number of hydrogen-bond acceptors (Lipinski definition) is 4. The molecule has 1 N–H and O–H groups in total. The molecule has 0 bridgehead atoms. The Labute approximate surface area is 177 Å². The van der Waals surface area contributed by atoms with Crippen LogP contribution in [0.3, 0.4) is 0 Å². The number of aryl methyl sites for hydroxylation is 1. The molecule has 0 radical (unpaired) electrons. The van der Waals surface area contributed by atoms with Gasteiger partial charge in [0.05, 0.1) is 12.0 Å². The summed E-state index contributed by atoms with van der Waals surface area (Å²) in [5.41, 5.74) is 3.42. The van der Waals surface area contributed by atoms with Crippen LogP contribution in [-0.2, 0) is 10.0 Å². The summed E-state index contributed by atoms with van der Waals surface area (Å²) in [5.74, 6) is 0.758. The Morgan fingerprint density at radius 1 is 0.900 bits per heavy atom. The van der Waals surface area contributed by atoms with Crippen molar-refractivity contribution in [2.24, 2.45) is 5.10 Å². The molecule has 0 aromatic heterocycles. The quantitative estimate of drug-likeness (QED) is 0.558. The molecular weight excluding hydrogens is 396 g/mol. The number of hydrogen-bond donors (Lipinski definition) is 1. The normalized spacial score (nSPS) is 14.5. The lowest BCUT2D eigenvalue weighted by molar-refractivity contribution is 0.420. The lowest BCUT2D eigenvalue weighted by Gasteiger charge is -2.16. The monoisotopic (exact) mass is 422 g/mol. The molecule has 0 atom stereocenters. The van der Waals surface area contributed by atoms with Crippen molar-refractivity contribution >= 4 is 26.5 Å². The topological polar surface area (TPSA) is 67.8 Å². The lowest BCUT2D eigenvalue weighted by atomic mass is 9.96. The highest BCUT2D eigenvalue weighted by Crippen LogP contribution is 2.37. The van der Waals surface area contributed by atoms with Gasteiger partial charge in [-0.3, -0.25) is 0 Å². The van der Waals surface area contributed by atoms with Crippen molar-refractivity contribution in [2.45, 2.75) is 43.9 Å². The summed E-state index contributed by atoms with van der Waals surface area (Å²) in [6.45, 7) is 1.96. The fraction of sp³-hybridized carbons (Fsp3) is 0.292. The zero-order chi connectivity index (χ0) is 21.1. The average Bonchev–Trinajstić information content (AvgIpc) is 2.77. The van der Waals surface area contributed by atoms with E-state index in [1.807, 2.05) is 55.5 Å². The average molecular weight is 423 g/mol. The third kappa shape index (κ3) is 4.05. The Bertz CT molecular complexity index is 1210. The number of fused-ring (bicyclic) bond motifs is 1. The van der Waals surface area contributed by atoms with Crippen molar-refractivity contribution in [1.29, 1.82) is 0 Å². The molecule has 4 rings (SSSR count). The molecule has 1 aliphatic rings. The second-order valence-corrected chi connectivity index (χ2v) is 9.32. The highest BCUT2D eigenvalue weighted by Gasteiger charge is 2.21. The molecule has 0 aliphatic heterocycles. The molecule has 1 saturated carbocycles. The largest absolute Gasteiger partial charge is 0.496 e. The fourth-order valence-corrected chi connectivity index (χ4v) is 5.07. The van der Waals surface area contributed by atoms with E-state index in [2.05, 4.69) is 9.93 Å². The molecule has 3 aromatic rings. The molecule has 0 spiro atoms. The number of hydrazone groups is 1. The minimum absolute atomic E-state index is 0.226. The van der Waals surface area contributed by atoms with Gasteiger partial charge >= 0.3 is 0 Å². The van der Waals surface area contributed by atoms with Gasteiger partial charge in [0.2, 0.25) is 0 Å². The Kier molecular flexibility index (Phi) is 5.77. The van der Waals surface area contributed by atoms with Gasteiger partial charge in [-0.05, 0) is 55.7 Å². The van der Waals surface area contributed by atoms with E-state index < -0.39 is 10.0 Å². The van der Waals surface area contributed by atoms with Crippen molar-refractivity contribution < 1.29 is 13.2 Å². The van der Waals surface area contributed by atoms with Crippen LogP contribution in [0.5, 0.6) is 5.75 Å². The molecule has 3 aromatic carbocycles. The van der Waals surface area contributed by atoms with Crippen LogP contribution in [0.25, 0.3) is 21.9 Å². The van der Waals surface area contributed by atoms with Crippen LogP contribution < -0.4 is 9.57 Å². The van der Waals surface area contributed by atoms with Gasteiger partial charge in [0.25, 0.3) is 10.0 Å². The Morgan fingerprint density at radius 3 is 2.37 bits per heavy atom. The molecule has 1 fully saturated rings. The van der Waals surface area contributed by atoms with Crippen LogP contribution in [0.4, 0.5) is 0 Å². The molecular formula is C24H26N2O3S. The first-order valence-electron chi connectivity index (χ1n) is 10.2. The number of nitrogens with zero attached hydrogens (tertiary/aromatic N) is 1. The molecule has 0 heterocycles. The summed E-state index contributed by atoms with van der Waals surface area (Å²) in [5, 5.41) is 6.12. The predicted molar refractivity (Wildman–Crippen MR) is 122 cm³/mol. The van der Waals surface area contributed by atoms with Crippen LogP contribution in [0.2, 0.25) is 0 Å². The first-order valence-corrected chi connectivity index (χ1v) is 11.7. The van der Waals surface area contributed by atoms with Crippen molar-refractivity contribution in [3.05, 3.63) is 60.2 Å². The van der Waals surface area contributed by atoms with E-state index in [4.69, 9.17) is 4.74 Å². The summed E-state index contributed by atoms with van der Waals surface area (Å²) in [7, 11) is -2.17. The molecule has 30 heavy (non-hydrogen) atoms. The van der Waals surface area contributed by atoms with E-state index in [1.165, 1.54) is 6.42 Å².